The van der Waals surface area contributed by atoms with Crippen LogP contribution in [0, 0.1) is 0 Å². The first-order valence-electron chi connectivity index (χ1n) is 3.77. The lowest BCUT2D eigenvalue weighted by Crippen LogP contribution is -2.23. The van der Waals surface area contributed by atoms with Gasteiger partial charge in [-0.15, -0.1) is 11.3 Å². The number of hydrogen-bond donors (Lipinski definition) is 1. The zero-order valence-corrected chi connectivity index (χ0v) is 8.84. The van der Waals surface area contributed by atoms with E-state index in [1.54, 1.807) is 12.1 Å². The fourth-order valence-corrected chi connectivity index (χ4v) is 1.71. The average Bonchev–Trinajstić information content (AvgIpc) is 2.47. The minimum atomic E-state index is -0.0973. The van der Waals surface area contributed by atoms with Crippen LogP contribution in [0.1, 0.15) is 16.6 Å². The van der Waals surface area contributed by atoms with Crippen LogP contribution in [-0.4, -0.2) is 12.5 Å². The highest BCUT2D eigenvalue weighted by Crippen LogP contribution is 2.20. The molecule has 0 saturated carbocycles. The number of carbonyl (C=O) groups is 1. The summed E-state index contributed by atoms with van der Waals surface area (Å²) >= 11 is 6.96. The molecule has 0 saturated heterocycles. The van der Waals surface area contributed by atoms with Gasteiger partial charge in [-0.1, -0.05) is 23.8 Å². The van der Waals surface area contributed by atoms with Gasteiger partial charge in [0.1, 0.15) is 0 Å². The van der Waals surface area contributed by atoms with Gasteiger partial charge >= 0.3 is 0 Å². The van der Waals surface area contributed by atoms with Gasteiger partial charge in [0.05, 0.1) is 9.21 Å². The molecule has 0 aromatic carbocycles. The SMILES string of the molecule is C=C(C)CNC(=O)c1ccc(Cl)s1. The summed E-state index contributed by atoms with van der Waals surface area (Å²) in [5, 5.41) is 2.73. The van der Waals surface area contributed by atoms with Crippen molar-refractivity contribution in [3.63, 3.8) is 0 Å². The predicted molar refractivity (Wildman–Crippen MR) is 56.5 cm³/mol. The Morgan fingerprint density at radius 1 is 1.69 bits per heavy atom. The Hall–Kier alpha value is -0.800. The molecule has 0 aliphatic heterocycles. The van der Waals surface area contributed by atoms with Gasteiger partial charge in [0.15, 0.2) is 0 Å². The maximum atomic E-state index is 11.4. The highest BCUT2D eigenvalue weighted by Gasteiger charge is 2.06. The molecule has 0 aliphatic carbocycles. The van der Waals surface area contributed by atoms with Crippen molar-refractivity contribution < 1.29 is 4.79 Å². The van der Waals surface area contributed by atoms with Gasteiger partial charge in [-0.2, -0.15) is 0 Å². The first-order valence-corrected chi connectivity index (χ1v) is 4.97. The average molecular weight is 216 g/mol. The van der Waals surface area contributed by atoms with Gasteiger partial charge in [-0.05, 0) is 19.1 Å². The largest absolute Gasteiger partial charge is 0.348 e. The van der Waals surface area contributed by atoms with Crippen LogP contribution in [0.2, 0.25) is 4.34 Å². The molecule has 13 heavy (non-hydrogen) atoms. The Kier molecular flexibility index (Phi) is 3.51. The molecular weight excluding hydrogens is 206 g/mol. The van der Waals surface area contributed by atoms with Crippen LogP contribution >= 0.6 is 22.9 Å². The van der Waals surface area contributed by atoms with E-state index in [0.717, 1.165) is 5.57 Å². The summed E-state index contributed by atoms with van der Waals surface area (Å²) < 4.78 is 0.625. The van der Waals surface area contributed by atoms with E-state index in [0.29, 0.717) is 15.8 Å². The fraction of sp³-hybridized carbons (Fsp3) is 0.222. The molecule has 0 aliphatic rings. The molecule has 0 bridgehead atoms. The van der Waals surface area contributed by atoms with E-state index in [1.807, 2.05) is 6.92 Å². The van der Waals surface area contributed by atoms with Crippen LogP contribution in [0.3, 0.4) is 0 Å². The minimum absolute atomic E-state index is 0.0973. The van der Waals surface area contributed by atoms with Gasteiger partial charge in [-0.3, -0.25) is 4.79 Å². The topological polar surface area (TPSA) is 29.1 Å². The number of rotatable bonds is 3. The fourth-order valence-electron chi connectivity index (χ4n) is 0.755. The number of halogens is 1. The molecule has 4 heteroatoms. The molecule has 1 aromatic heterocycles. The Morgan fingerprint density at radius 2 is 2.38 bits per heavy atom. The Morgan fingerprint density at radius 3 is 2.85 bits per heavy atom. The standard InChI is InChI=1S/C9H10ClNOS/c1-6(2)5-11-9(12)7-3-4-8(10)13-7/h3-4H,1,5H2,2H3,(H,11,12). The van der Waals surface area contributed by atoms with Crippen LogP contribution < -0.4 is 5.32 Å². The van der Waals surface area contributed by atoms with Gasteiger partial charge in [0.25, 0.3) is 5.91 Å². The monoisotopic (exact) mass is 215 g/mol. The lowest BCUT2D eigenvalue weighted by atomic mass is 10.3. The number of amides is 1. The van der Waals surface area contributed by atoms with Crippen LogP contribution in [0.25, 0.3) is 0 Å². The molecule has 2 nitrogen and oxygen atoms in total. The Balaban J connectivity index is 2.54. The second-order valence-corrected chi connectivity index (χ2v) is 4.46. The lowest BCUT2D eigenvalue weighted by molar-refractivity contribution is 0.0961. The van der Waals surface area contributed by atoms with Crippen LogP contribution in [0.15, 0.2) is 24.3 Å². The number of thiophene rings is 1. The summed E-state index contributed by atoms with van der Waals surface area (Å²) in [6.07, 6.45) is 0. The van der Waals surface area contributed by atoms with Crippen molar-refractivity contribution in [3.05, 3.63) is 33.5 Å². The summed E-state index contributed by atoms with van der Waals surface area (Å²) in [6.45, 7) is 6.06. The van der Waals surface area contributed by atoms with E-state index in [2.05, 4.69) is 11.9 Å². The van der Waals surface area contributed by atoms with Gasteiger partial charge in [0.2, 0.25) is 0 Å². The second-order valence-electron chi connectivity index (χ2n) is 2.74. The zero-order valence-electron chi connectivity index (χ0n) is 7.26. The molecule has 1 aromatic rings. The van der Waals surface area contributed by atoms with Crippen molar-refractivity contribution in [2.24, 2.45) is 0 Å². The summed E-state index contributed by atoms with van der Waals surface area (Å²) in [4.78, 5) is 12.0. The van der Waals surface area contributed by atoms with Crippen molar-refractivity contribution in [2.75, 3.05) is 6.54 Å². The normalized spacial score (nSPS) is 9.69. The van der Waals surface area contributed by atoms with Crippen molar-refractivity contribution in [1.29, 1.82) is 0 Å². The van der Waals surface area contributed by atoms with Crippen LogP contribution in [0.4, 0.5) is 0 Å². The van der Waals surface area contributed by atoms with E-state index < -0.39 is 0 Å². The molecule has 0 atom stereocenters. The molecule has 0 spiro atoms. The number of hydrogen-bond acceptors (Lipinski definition) is 2. The number of carbonyl (C=O) groups excluding carboxylic acids is 1. The predicted octanol–water partition coefficient (Wildman–Crippen LogP) is 2.71. The molecule has 1 amide bonds. The Labute approximate surface area is 86.2 Å². The lowest BCUT2D eigenvalue weighted by Gasteiger charge is -2.01. The van der Waals surface area contributed by atoms with E-state index >= 15 is 0 Å². The Bertz CT molecular complexity index is 332. The van der Waals surface area contributed by atoms with Crippen LogP contribution in [0.5, 0.6) is 0 Å². The van der Waals surface area contributed by atoms with Gasteiger partial charge in [0, 0.05) is 6.54 Å². The maximum absolute atomic E-state index is 11.4. The molecule has 1 N–H and O–H groups in total. The minimum Gasteiger partial charge on any atom is -0.348 e. The zero-order chi connectivity index (χ0) is 9.84. The van der Waals surface area contributed by atoms with Crippen molar-refractivity contribution in [2.45, 2.75) is 6.92 Å². The summed E-state index contributed by atoms with van der Waals surface area (Å²) in [5.41, 5.74) is 0.927. The molecule has 1 heterocycles. The molecule has 0 radical (unpaired) electrons. The number of nitrogens with one attached hydrogen (secondary N) is 1. The molecule has 1 rings (SSSR count). The van der Waals surface area contributed by atoms with E-state index in [1.165, 1.54) is 11.3 Å². The summed E-state index contributed by atoms with van der Waals surface area (Å²) in [7, 11) is 0. The second kappa shape index (κ2) is 4.44. The van der Waals surface area contributed by atoms with Gasteiger partial charge in [-0.25, -0.2) is 0 Å². The smallest absolute Gasteiger partial charge is 0.261 e. The first-order chi connectivity index (χ1) is 6.09. The third-order valence-corrected chi connectivity index (χ3v) is 2.58. The molecule has 70 valence electrons. The van der Waals surface area contributed by atoms with Crippen molar-refractivity contribution in [1.82, 2.24) is 5.32 Å². The summed E-state index contributed by atoms with van der Waals surface area (Å²) in [5.74, 6) is -0.0973. The molecule has 0 fully saturated rings. The quantitative estimate of drug-likeness (QED) is 0.772. The highest BCUT2D eigenvalue weighted by molar-refractivity contribution is 7.17. The van der Waals surface area contributed by atoms with E-state index in [-0.39, 0.29) is 5.91 Å². The van der Waals surface area contributed by atoms with Crippen LogP contribution in [-0.2, 0) is 0 Å². The first kappa shape index (κ1) is 10.3. The summed E-state index contributed by atoms with van der Waals surface area (Å²) in [6, 6.07) is 3.42. The maximum Gasteiger partial charge on any atom is 0.261 e. The molecule has 0 unspecified atom stereocenters. The van der Waals surface area contributed by atoms with Gasteiger partial charge < -0.3 is 5.32 Å². The third-order valence-electron chi connectivity index (χ3n) is 1.35. The third kappa shape index (κ3) is 3.20. The van der Waals surface area contributed by atoms with Crippen molar-refractivity contribution >= 4 is 28.8 Å². The van der Waals surface area contributed by atoms with E-state index in [4.69, 9.17) is 11.6 Å². The highest BCUT2D eigenvalue weighted by atomic mass is 35.5. The molecular formula is C9H10ClNOS. The van der Waals surface area contributed by atoms with E-state index in [9.17, 15) is 4.79 Å². The van der Waals surface area contributed by atoms with Crippen molar-refractivity contribution in [3.8, 4) is 0 Å².